The number of ether oxygens (including phenoxy) is 3. The second kappa shape index (κ2) is 9.71. The molecule has 3 nitrogen and oxygen atoms in total. The van der Waals surface area contributed by atoms with E-state index in [1.54, 1.807) is 7.11 Å². The Hall–Kier alpha value is -1.94. The van der Waals surface area contributed by atoms with Crippen LogP contribution in [0.4, 0.5) is 0 Å². The second-order valence-corrected chi connectivity index (χ2v) is 8.14. The van der Waals surface area contributed by atoms with Crippen LogP contribution in [-0.2, 0) is 27.1 Å². The number of unbranched alkanes of at least 4 members (excludes halogenated alkanes) is 2. The Kier molecular flexibility index (Phi) is 6.81. The van der Waals surface area contributed by atoms with Crippen LogP contribution in [0.1, 0.15) is 37.3 Å². The predicted molar refractivity (Wildman–Crippen MR) is 120 cm³/mol. The highest BCUT2D eigenvalue weighted by atomic mass is 16.6. The van der Waals surface area contributed by atoms with E-state index in [0.717, 1.165) is 32.7 Å². The minimum Gasteiger partial charge on any atom is -0.385 e. The average molecular weight is 393 g/mol. The summed E-state index contributed by atoms with van der Waals surface area (Å²) in [5, 5.41) is 5.33. The number of epoxide rings is 2. The summed E-state index contributed by atoms with van der Waals surface area (Å²) in [4.78, 5) is 0. The quantitative estimate of drug-likeness (QED) is 0.280. The molecule has 29 heavy (non-hydrogen) atoms. The summed E-state index contributed by atoms with van der Waals surface area (Å²) in [6.07, 6.45) is 6.69. The van der Waals surface area contributed by atoms with Gasteiger partial charge in [0.15, 0.2) is 0 Å². The molecule has 2 atom stereocenters. The first-order chi connectivity index (χ1) is 14.3. The van der Waals surface area contributed by atoms with Crippen LogP contribution in [0.3, 0.4) is 0 Å². The highest BCUT2D eigenvalue weighted by Gasteiger charge is 2.28. The van der Waals surface area contributed by atoms with Crippen molar-refractivity contribution in [1.82, 2.24) is 0 Å². The van der Waals surface area contributed by atoms with Gasteiger partial charge in [0.05, 0.1) is 25.4 Å². The van der Waals surface area contributed by atoms with E-state index in [4.69, 9.17) is 14.2 Å². The van der Waals surface area contributed by atoms with Crippen molar-refractivity contribution in [2.75, 3.05) is 26.9 Å². The molecular weight excluding hydrogens is 360 g/mol. The third kappa shape index (κ3) is 5.57. The van der Waals surface area contributed by atoms with Gasteiger partial charge in [-0.2, -0.15) is 0 Å². The lowest BCUT2D eigenvalue weighted by Crippen LogP contribution is -2.03. The standard InChI is InChI=1S/C20H18O2.C6H14O/c1-2-4-14-9-19-15(7-13(14)3-1)5-6-16(8-17-11-21-17)20(19)10-18-12-22-18;1-3-4-5-6-7-2/h1-7,9,17-18H,8,10-12H2;3-6H2,1-2H3. The summed E-state index contributed by atoms with van der Waals surface area (Å²) in [7, 11) is 1.75. The molecule has 0 aromatic heterocycles. The van der Waals surface area contributed by atoms with Crippen molar-refractivity contribution in [2.24, 2.45) is 0 Å². The number of hydrogen-bond acceptors (Lipinski definition) is 3. The van der Waals surface area contributed by atoms with E-state index in [1.807, 2.05) is 0 Å². The molecule has 2 heterocycles. The van der Waals surface area contributed by atoms with Gasteiger partial charge in [0.25, 0.3) is 0 Å². The fraction of sp³-hybridized carbons (Fsp3) is 0.462. The third-order valence-electron chi connectivity index (χ3n) is 5.73. The number of rotatable bonds is 8. The number of methoxy groups -OCH3 is 1. The SMILES string of the molecule is CCCCCOC.c1ccc2cc3c(CC4CO4)c(CC4CO4)ccc3cc2c1. The maximum absolute atomic E-state index is 5.49. The molecule has 2 aliphatic heterocycles. The molecule has 2 unspecified atom stereocenters. The van der Waals surface area contributed by atoms with E-state index in [9.17, 15) is 0 Å². The van der Waals surface area contributed by atoms with Gasteiger partial charge in [-0.15, -0.1) is 0 Å². The van der Waals surface area contributed by atoms with Crippen LogP contribution >= 0.6 is 0 Å². The minimum atomic E-state index is 0.413. The molecule has 0 aliphatic carbocycles. The van der Waals surface area contributed by atoms with Crippen molar-refractivity contribution in [3.8, 4) is 0 Å². The topological polar surface area (TPSA) is 34.3 Å². The lowest BCUT2D eigenvalue weighted by molar-refractivity contribution is 0.192. The van der Waals surface area contributed by atoms with Crippen molar-refractivity contribution in [1.29, 1.82) is 0 Å². The van der Waals surface area contributed by atoms with Crippen molar-refractivity contribution >= 4 is 21.5 Å². The van der Waals surface area contributed by atoms with E-state index in [2.05, 4.69) is 55.5 Å². The number of fused-ring (bicyclic) bond motifs is 2. The molecule has 0 radical (unpaired) electrons. The van der Waals surface area contributed by atoms with Crippen LogP contribution in [0.25, 0.3) is 21.5 Å². The van der Waals surface area contributed by atoms with Crippen molar-refractivity contribution < 1.29 is 14.2 Å². The van der Waals surface area contributed by atoms with Gasteiger partial charge in [-0.1, -0.05) is 56.2 Å². The number of benzene rings is 3. The summed E-state index contributed by atoms with van der Waals surface area (Å²) in [6.45, 7) is 4.93. The fourth-order valence-electron chi connectivity index (χ4n) is 3.89. The highest BCUT2D eigenvalue weighted by Crippen LogP contribution is 2.32. The lowest BCUT2D eigenvalue weighted by Gasteiger charge is -2.13. The molecule has 5 rings (SSSR count). The molecule has 0 saturated carbocycles. The Morgan fingerprint density at radius 3 is 2.21 bits per heavy atom. The molecular formula is C26H32O3. The Morgan fingerprint density at radius 1 is 0.862 bits per heavy atom. The first kappa shape index (κ1) is 20.3. The van der Waals surface area contributed by atoms with Crippen LogP contribution in [0.2, 0.25) is 0 Å². The molecule has 154 valence electrons. The van der Waals surface area contributed by atoms with Crippen LogP contribution in [0.5, 0.6) is 0 Å². The summed E-state index contributed by atoms with van der Waals surface area (Å²) in [5.74, 6) is 0. The number of hydrogen-bond donors (Lipinski definition) is 0. The van der Waals surface area contributed by atoms with Gasteiger partial charge in [0, 0.05) is 26.6 Å². The third-order valence-corrected chi connectivity index (χ3v) is 5.73. The van der Waals surface area contributed by atoms with E-state index in [1.165, 1.54) is 51.9 Å². The second-order valence-electron chi connectivity index (χ2n) is 8.14. The smallest absolute Gasteiger partial charge is 0.0850 e. The average Bonchev–Trinajstić information content (AvgIpc) is 3.66. The summed E-state index contributed by atoms with van der Waals surface area (Å²) in [5.41, 5.74) is 2.89. The molecule has 2 aliphatic rings. The lowest BCUT2D eigenvalue weighted by atomic mass is 9.91. The van der Waals surface area contributed by atoms with Gasteiger partial charge < -0.3 is 14.2 Å². The van der Waals surface area contributed by atoms with Gasteiger partial charge >= 0.3 is 0 Å². The monoisotopic (exact) mass is 392 g/mol. The van der Waals surface area contributed by atoms with Crippen LogP contribution in [-0.4, -0.2) is 39.1 Å². The van der Waals surface area contributed by atoms with Crippen LogP contribution < -0.4 is 0 Å². The van der Waals surface area contributed by atoms with E-state index in [-0.39, 0.29) is 0 Å². The molecule has 3 aromatic carbocycles. The highest BCUT2D eigenvalue weighted by molar-refractivity contribution is 6.00. The van der Waals surface area contributed by atoms with E-state index >= 15 is 0 Å². The first-order valence-electron chi connectivity index (χ1n) is 10.9. The molecule has 2 saturated heterocycles. The first-order valence-corrected chi connectivity index (χ1v) is 10.9. The molecule has 3 heteroatoms. The summed E-state index contributed by atoms with van der Waals surface area (Å²) < 4.78 is 15.8. The summed E-state index contributed by atoms with van der Waals surface area (Å²) in [6, 6.07) is 17.8. The molecule has 0 N–H and O–H groups in total. The maximum Gasteiger partial charge on any atom is 0.0850 e. The molecule has 0 spiro atoms. The molecule has 0 amide bonds. The summed E-state index contributed by atoms with van der Waals surface area (Å²) >= 11 is 0. The Balaban J connectivity index is 0.000000255. The Bertz CT molecular complexity index is 937. The van der Waals surface area contributed by atoms with Gasteiger partial charge in [-0.3, -0.25) is 0 Å². The van der Waals surface area contributed by atoms with Crippen molar-refractivity contribution in [3.63, 3.8) is 0 Å². The van der Waals surface area contributed by atoms with Gasteiger partial charge in [-0.25, -0.2) is 0 Å². The van der Waals surface area contributed by atoms with Gasteiger partial charge in [0.1, 0.15) is 0 Å². The predicted octanol–water partition coefficient (Wildman–Crippen LogP) is 5.70. The van der Waals surface area contributed by atoms with Gasteiger partial charge in [-0.05, 0) is 51.2 Å². The Morgan fingerprint density at radius 2 is 1.55 bits per heavy atom. The zero-order chi connectivity index (χ0) is 20.1. The van der Waals surface area contributed by atoms with Crippen LogP contribution in [0.15, 0.2) is 48.5 Å². The molecule has 3 aromatic rings. The van der Waals surface area contributed by atoms with E-state index in [0.29, 0.717) is 12.2 Å². The molecule has 0 bridgehead atoms. The minimum absolute atomic E-state index is 0.413. The van der Waals surface area contributed by atoms with Crippen molar-refractivity contribution in [2.45, 2.75) is 51.2 Å². The zero-order valence-corrected chi connectivity index (χ0v) is 17.7. The largest absolute Gasteiger partial charge is 0.385 e. The molecule has 2 fully saturated rings. The Labute approximate surface area is 174 Å². The fourth-order valence-corrected chi connectivity index (χ4v) is 3.89. The maximum atomic E-state index is 5.49. The van der Waals surface area contributed by atoms with Crippen molar-refractivity contribution in [3.05, 3.63) is 59.7 Å². The van der Waals surface area contributed by atoms with Crippen LogP contribution in [0, 0.1) is 0 Å². The van der Waals surface area contributed by atoms with Gasteiger partial charge in [0.2, 0.25) is 0 Å². The van der Waals surface area contributed by atoms with E-state index < -0.39 is 0 Å². The normalized spacial score (nSPS) is 19.8. The zero-order valence-electron chi connectivity index (χ0n) is 17.7.